The largest absolute Gasteiger partial charge is 0.494 e. The molecule has 1 fully saturated rings. The summed E-state index contributed by atoms with van der Waals surface area (Å²) in [6, 6.07) is 11.6. The number of nitro groups is 1. The summed E-state index contributed by atoms with van der Waals surface area (Å²) in [4.78, 5) is 25.7. The molecule has 2 aromatic rings. The normalized spacial score (nSPS) is 13.8. The predicted octanol–water partition coefficient (Wildman–Crippen LogP) is 3.86. The zero-order valence-corrected chi connectivity index (χ0v) is 16.4. The summed E-state index contributed by atoms with van der Waals surface area (Å²) in [6.45, 7) is 4.93. The van der Waals surface area contributed by atoms with Gasteiger partial charge in [-0.05, 0) is 36.8 Å². The zero-order chi connectivity index (χ0) is 20.6. The number of carbonyl (C=O) groups excluding carboxylic acids is 1. The number of morpholine rings is 1. The van der Waals surface area contributed by atoms with Crippen LogP contribution in [0.1, 0.15) is 30.1 Å². The van der Waals surface area contributed by atoms with Crippen LogP contribution in [0.4, 0.5) is 17.1 Å². The number of unbranched alkanes of at least 4 members (excludes halogenated alkanes) is 1. The standard InChI is InChI=1S/C21H25N3O5/c1-2-3-11-29-18-6-4-5-16(14-18)21(25)22-17-7-8-19(20(15-17)24(26)27)23-9-12-28-13-10-23/h4-8,14-15H,2-3,9-13H2,1H3,(H,22,25). The Morgan fingerprint density at radius 2 is 2.03 bits per heavy atom. The lowest BCUT2D eigenvalue weighted by molar-refractivity contribution is -0.384. The molecule has 1 aliphatic rings. The molecule has 1 amide bonds. The summed E-state index contributed by atoms with van der Waals surface area (Å²) in [6.07, 6.45) is 1.97. The van der Waals surface area contributed by atoms with Gasteiger partial charge in [0.15, 0.2) is 0 Å². The molecule has 0 spiro atoms. The molecule has 0 radical (unpaired) electrons. The van der Waals surface area contributed by atoms with Crippen LogP contribution in [-0.4, -0.2) is 43.7 Å². The van der Waals surface area contributed by atoms with Crippen LogP contribution in [0.2, 0.25) is 0 Å². The van der Waals surface area contributed by atoms with E-state index >= 15 is 0 Å². The number of carbonyl (C=O) groups is 1. The van der Waals surface area contributed by atoms with Gasteiger partial charge in [-0.3, -0.25) is 14.9 Å². The van der Waals surface area contributed by atoms with Gasteiger partial charge in [0, 0.05) is 30.4 Å². The van der Waals surface area contributed by atoms with E-state index in [0.29, 0.717) is 55.6 Å². The van der Waals surface area contributed by atoms with Crippen LogP contribution in [0.15, 0.2) is 42.5 Å². The molecule has 0 bridgehead atoms. The third-order valence-corrected chi connectivity index (χ3v) is 4.64. The van der Waals surface area contributed by atoms with E-state index in [-0.39, 0.29) is 11.6 Å². The van der Waals surface area contributed by atoms with E-state index < -0.39 is 4.92 Å². The van der Waals surface area contributed by atoms with Gasteiger partial charge < -0.3 is 19.7 Å². The third-order valence-electron chi connectivity index (χ3n) is 4.64. The fourth-order valence-electron chi connectivity index (χ4n) is 3.08. The molecular formula is C21H25N3O5. The Morgan fingerprint density at radius 3 is 2.76 bits per heavy atom. The Kier molecular flexibility index (Phi) is 7.02. The van der Waals surface area contributed by atoms with Crippen molar-refractivity contribution < 1.29 is 19.2 Å². The SMILES string of the molecule is CCCCOc1cccc(C(=O)Nc2ccc(N3CCOCC3)c([N+](=O)[O-])c2)c1. The van der Waals surface area contributed by atoms with Crippen LogP contribution in [-0.2, 0) is 4.74 Å². The van der Waals surface area contributed by atoms with Gasteiger partial charge in [-0.2, -0.15) is 0 Å². The first-order valence-corrected chi connectivity index (χ1v) is 9.74. The van der Waals surface area contributed by atoms with Gasteiger partial charge in [0.25, 0.3) is 11.6 Å². The summed E-state index contributed by atoms with van der Waals surface area (Å²) in [5.41, 5.74) is 1.29. The summed E-state index contributed by atoms with van der Waals surface area (Å²) < 4.78 is 10.9. The molecule has 0 unspecified atom stereocenters. The van der Waals surface area contributed by atoms with E-state index in [9.17, 15) is 14.9 Å². The van der Waals surface area contributed by atoms with Crippen molar-refractivity contribution in [1.82, 2.24) is 0 Å². The summed E-state index contributed by atoms with van der Waals surface area (Å²) in [5, 5.41) is 14.3. The average molecular weight is 399 g/mol. The molecule has 0 atom stereocenters. The highest BCUT2D eigenvalue weighted by Crippen LogP contribution is 2.32. The molecule has 8 nitrogen and oxygen atoms in total. The van der Waals surface area contributed by atoms with E-state index in [1.165, 1.54) is 6.07 Å². The van der Waals surface area contributed by atoms with Crippen LogP contribution in [0.3, 0.4) is 0 Å². The van der Waals surface area contributed by atoms with Crippen LogP contribution in [0.25, 0.3) is 0 Å². The van der Waals surface area contributed by atoms with Crippen LogP contribution in [0.5, 0.6) is 5.75 Å². The second-order valence-corrected chi connectivity index (χ2v) is 6.74. The maximum Gasteiger partial charge on any atom is 0.294 e. The average Bonchev–Trinajstić information content (AvgIpc) is 2.74. The number of nitro benzene ring substituents is 1. The summed E-state index contributed by atoms with van der Waals surface area (Å²) in [5.74, 6) is 0.277. The van der Waals surface area contributed by atoms with Gasteiger partial charge >= 0.3 is 0 Å². The Hall–Kier alpha value is -3.13. The topological polar surface area (TPSA) is 93.9 Å². The molecular weight excluding hydrogens is 374 g/mol. The minimum Gasteiger partial charge on any atom is -0.494 e. The van der Waals surface area contributed by atoms with Gasteiger partial charge in [-0.1, -0.05) is 19.4 Å². The van der Waals surface area contributed by atoms with Gasteiger partial charge in [-0.15, -0.1) is 0 Å². The molecule has 0 saturated carbocycles. The minimum absolute atomic E-state index is 0.0404. The molecule has 1 heterocycles. The number of nitrogens with one attached hydrogen (secondary N) is 1. The number of ether oxygens (including phenoxy) is 2. The van der Waals surface area contributed by atoms with E-state index in [1.807, 2.05) is 4.90 Å². The lowest BCUT2D eigenvalue weighted by Crippen LogP contribution is -2.36. The maximum absolute atomic E-state index is 12.6. The highest BCUT2D eigenvalue weighted by Gasteiger charge is 2.22. The first-order chi connectivity index (χ1) is 14.1. The first-order valence-electron chi connectivity index (χ1n) is 9.74. The molecule has 3 rings (SSSR count). The first kappa shape index (κ1) is 20.6. The fraction of sp³-hybridized carbons (Fsp3) is 0.381. The van der Waals surface area contributed by atoms with Crippen molar-refractivity contribution in [1.29, 1.82) is 0 Å². The minimum atomic E-state index is -0.428. The van der Waals surface area contributed by atoms with Crippen LogP contribution in [0, 0.1) is 10.1 Å². The lowest BCUT2D eigenvalue weighted by Gasteiger charge is -2.28. The monoisotopic (exact) mass is 399 g/mol. The molecule has 1 saturated heterocycles. The van der Waals surface area contributed by atoms with E-state index in [2.05, 4.69) is 12.2 Å². The number of rotatable bonds is 8. The van der Waals surface area contributed by atoms with Crippen molar-refractivity contribution in [2.24, 2.45) is 0 Å². The number of nitrogens with zero attached hydrogens (tertiary/aromatic N) is 2. The second-order valence-electron chi connectivity index (χ2n) is 6.74. The number of hydrogen-bond acceptors (Lipinski definition) is 6. The zero-order valence-electron chi connectivity index (χ0n) is 16.4. The van der Waals surface area contributed by atoms with E-state index in [4.69, 9.17) is 9.47 Å². The molecule has 2 aromatic carbocycles. The lowest BCUT2D eigenvalue weighted by atomic mass is 10.1. The summed E-state index contributed by atoms with van der Waals surface area (Å²) in [7, 11) is 0. The van der Waals surface area contributed by atoms with E-state index in [0.717, 1.165) is 12.8 Å². The number of benzene rings is 2. The smallest absolute Gasteiger partial charge is 0.294 e. The summed E-state index contributed by atoms with van der Waals surface area (Å²) >= 11 is 0. The van der Waals surface area contributed by atoms with Crippen molar-refractivity contribution in [2.75, 3.05) is 43.1 Å². The van der Waals surface area contributed by atoms with E-state index in [1.54, 1.807) is 36.4 Å². The second kappa shape index (κ2) is 9.88. The van der Waals surface area contributed by atoms with Crippen LogP contribution >= 0.6 is 0 Å². The third kappa shape index (κ3) is 5.45. The molecule has 1 N–H and O–H groups in total. The molecule has 8 heteroatoms. The Balaban J connectivity index is 1.74. The Morgan fingerprint density at radius 1 is 1.24 bits per heavy atom. The molecule has 29 heavy (non-hydrogen) atoms. The van der Waals surface area contributed by atoms with Crippen molar-refractivity contribution in [3.63, 3.8) is 0 Å². The highest BCUT2D eigenvalue weighted by atomic mass is 16.6. The number of hydrogen-bond donors (Lipinski definition) is 1. The Bertz CT molecular complexity index is 865. The number of amides is 1. The van der Waals surface area contributed by atoms with Crippen molar-refractivity contribution in [2.45, 2.75) is 19.8 Å². The number of anilines is 2. The van der Waals surface area contributed by atoms with Crippen molar-refractivity contribution in [3.8, 4) is 5.75 Å². The highest BCUT2D eigenvalue weighted by molar-refractivity contribution is 6.04. The molecule has 1 aliphatic heterocycles. The fourth-order valence-corrected chi connectivity index (χ4v) is 3.08. The molecule has 0 aliphatic carbocycles. The van der Waals surface area contributed by atoms with Gasteiger partial charge in [0.1, 0.15) is 11.4 Å². The molecule has 154 valence electrons. The Labute approximate surface area is 169 Å². The van der Waals surface area contributed by atoms with Gasteiger partial charge in [0.2, 0.25) is 0 Å². The quantitative estimate of drug-likeness (QED) is 0.411. The van der Waals surface area contributed by atoms with Crippen molar-refractivity contribution in [3.05, 3.63) is 58.1 Å². The van der Waals surface area contributed by atoms with Crippen molar-refractivity contribution >= 4 is 23.0 Å². The molecule has 0 aromatic heterocycles. The maximum atomic E-state index is 12.6. The van der Waals surface area contributed by atoms with Crippen LogP contribution < -0.4 is 15.0 Å². The van der Waals surface area contributed by atoms with Gasteiger partial charge in [-0.25, -0.2) is 0 Å². The predicted molar refractivity (Wildman–Crippen MR) is 111 cm³/mol. The van der Waals surface area contributed by atoms with Gasteiger partial charge in [0.05, 0.1) is 24.7 Å².